The minimum atomic E-state index is -0.604. The molecule has 1 atom stereocenters. The summed E-state index contributed by atoms with van der Waals surface area (Å²) in [6.07, 6.45) is 0. The first-order valence-corrected chi connectivity index (χ1v) is 10.4. The van der Waals surface area contributed by atoms with E-state index in [1.54, 1.807) is 24.3 Å². The third kappa shape index (κ3) is 2.59. The first kappa shape index (κ1) is 17.5. The average molecular weight is 501 g/mol. The number of aryl methyl sites for hydroxylation is 1. The number of carbonyl (C=O) groups excluding carboxylic acids is 1. The molecule has 2 aromatic carbocycles. The predicted molar refractivity (Wildman–Crippen MR) is 115 cm³/mol. The lowest BCUT2D eigenvalue weighted by atomic mass is 9.99. The molecule has 4 aromatic rings. The van der Waals surface area contributed by atoms with Crippen LogP contribution in [0.25, 0.3) is 11.0 Å². The smallest absolute Gasteiger partial charge is 0.297 e. The van der Waals surface area contributed by atoms with E-state index in [0.29, 0.717) is 21.7 Å². The van der Waals surface area contributed by atoms with Crippen LogP contribution in [0.3, 0.4) is 0 Å². The first-order valence-electron chi connectivity index (χ1n) is 8.49. The van der Waals surface area contributed by atoms with Crippen LogP contribution < -0.4 is 10.3 Å². The van der Waals surface area contributed by atoms with Crippen molar-refractivity contribution in [3.05, 3.63) is 84.2 Å². The minimum Gasteiger partial charge on any atom is -0.450 e. The average Bonchev–Trinajstić information content (AvgIpc) is 3.24. The van der Waals surface area contributed by atoms with Crippen molar-refractivity contribution < 1.29 is 9.21 Å². The van der Waals surface area contributed by atoms with Gasteiger partial charge in [-0.05, 0) is 59.3 Å². The SMILES string of the molecule is Cc1nnc(N2C(=O)c3oc4ccccc4c(=O)c3C2c2ccc(I)cc2)s1. The molecule has 0 spiro atoms. The Bertz CT molecular complexity index is 1300. The number of anilines is 1. The lowest BCUT2D eigenvalue weighted by molar-refractivity contribution is 0.0970. The third-order valence-electron chi connectivity index (χ3n) is 4.68. The fourth-order valence-corrected chi connectivity index (χ4v) is 4.53. The number of carbonyl (C=O) groups is 1. The van der Waals surface area contributed by atoms with E-state index in [2.05, 4.69) is 32.8 Å². The van der Waals surface area contributed by atoms with Gasteiger partial charge in [0.15, 0.2) is 5.43 Å². The number of hydrogen-bond donors (Lipinski definition) is 0. The van der Waals surface area contributed by atoms with Crippen LogP contribution in [0.15, 0.2) is 57.7 Å². The van der Waals surface area contributed by atoms with Gasteiger partial charge in [-0.2, -0.15) is 0 Å². The van der Waals surface area contributed by atoms with Gasteiger partial charge in [-0.25, -0.2) is 0 Å². The maximum Gasteiger partial charge on any atom is 0.297 e. The summed E-state index contributed by atoms with van der Waals surface area (Å²) in [5.74, 6) is -0.308. The number of amides is 1. The molecular weight excluding hydrogens is 489 g/mol. The Kier molecular flexibility index (Phi) is 4.06. The topological polar surface area (TPSA) is 76.3 Å². The van der Waals surface area contributed by atoms with Crippen molar-refractivity contribution in [2.24, 2.45) is 0 Å². The quantitative estimate of drug-likeness (QED) is 0.383. The molecule has 8 heteroatoms. The van der Waals surface area contributed by atoms with Crippen LogP contribution in [0.4, 0.5) is 5.13 Å². The van der Waals surface area contributed by atoms with Crippen molar-refractivity contribution in [3.8, 4) is 0 Å². The number of nitrogens with zero attached hydrogens (tertiary/aromatic N) is 3. The number of aromatic nitrogens is 2. The van der Waals surface area contributed by atoms with Gasteiger partial charge in [0.2, 0.25) is 10.9 Å². The Morgan fingerprint density at radius 1 is 1.07 bits per heavy atom. The van der Waals surface area contributed by atoms with E-state index in [1.165, 1.54) is 16.2 Å². The number of halogens is 1. The minimum absolute atomic E-state index is 0.0695. The van der Waals surface area contributed by atoms with E-state index in [1.807, 2.05) is 31.2 Å². The van der Waals surface area contributed by atoms with Gasteiger partial charge in [0.1, 0.15) is 10.6 Å². The standard InChI is InChI=1S/C20H12IN3O3S/c1-10-22-23-20(28-10)24-16(11-6-8-12(21)9-7-11)15-17(25)13-4-2-3-5-14(13)27-18(15)19(24)26/h2-9,16H,1H3. The van der Waals surface area contributed by atoms with Crippen LogP contribution in [-0.2, 0) is 0 Å². The second-order valence-electron chi connectivity index (χ2n) is 6.40. The summed E-state index contributed by atoms with van der Waals surface area (Å²) in [7, 11) is 0. The Labute approximate surface area is 177 Å². The van der Waals surface area contributed by atoms with E-state index >= 15 is 0 Å². The maximum atomic E-state index is 13.3. The van der Waals surface area contributed by atoms with Gasteiger partial charge in [0, 0.05) is 3.57 Å². The molecule has 28 heavy (non-hydrogen) atoms. The highest BCUT2D eigenvalue weighted by molar-refractivity contribution is 14.1. The lowest BCUT2D eigenvalue weighted by Crippen LogP contribution is -2.29. The molecule has 5 rings (SSSR count). The van der Waals surface area contributed by atoms with Gasteiger partial charge in [0.05, 0.1) is 17.0 Å². The van der Waals surface area contributed by atoms with Crippen LogP contribution in [0.5, 0.6) is 0 Å². The molecule has 0 bridgehead atoms. The zero-order chi connectivity index (χ0) is 19.4. The second-order valence-corrected chi connectivity index (χ2v) is 8.81. The summed E-state index contributed by atoms with van der Waals surface area (Å²) in [5.41, 5.74) is 1.37. The van der Waals surface area contributed by atoms with E-state index in [0.717, 1.165) is 14.1 Å². The predicted octanol–water partition coefficient (Wildman–Crippen LogP) is 4.31. The van der Waals surface area contributed by atoms with Crippen molar-refractivity contribution in [2.75, 3.05) is 4.90 Å². The molecule has 0 radical (unpaired) electrons. The molecule has 0 fully saturated rings. The summed E-state index contributed by atoms with van der Waals surface area (Å²) >= 11 is 3.53. The zero-order valence-corrected chi connectivity index (χ0v) is 17.5. The molecule has 0 aliphatic carbocycles. The molecule has 6 nitrogen and oxygen atoms in total. The van der Waals surface area contributed by atoms with Gasteiger partial charge in [-0.3, -0.25) is 14.5 Å². The fourth-order valence-electron chi connectivity index (χ4n) is 3.46. The number of hydrogen-bond acceptors (Lipinski definition) is 6. The van der Waals surface area contributed by atoms with Crippen molar-refractivity contribution in [1.29, 1.82) is 0 Å². The van der Waals surface area contributed by atoms with E-state index < -0.39 is 6.04 Å². The van der Waals surface area contributed by atoms with E-state index in [4.69, 9.17) is 4.42 Å². The fraction of sp³-hybridized carbons (Fsp3) is 0.100. The summed E-state index contributed by atoms with van der Waals surface area (Å²) in [5, 5.41) is 9.84. The molecule has 0 N–H and O–H groups in total. The van der Waals surface area contributed by atoms with Crippen molar-refractivity contribution in [3.63, 3.8) is 0 Å². The van der Waals surface area contributed by atoms with Gasteiger partial charge in [-0.15, -0.1) is 10.2 Å². The second kappa shape index (κ2) is 6.49. The highest BCUT2D eigenvalue weighted by Gasteiger charge is 2.45. The monoisotopic (exact) mass is 501 g/mol. The lowest BCUT2D eigenvalue weighted by Gasteiger charge is -2.22. The summed E-state index contributed by atoms with van der Waals surface area (Å²) < 4.78 is 6.96. The van der Waals surface area contributed by atoms with Gasteiger partial charge in [0.25, 0.3) is 5.91 Å². The summed E-state index contributed by atoms with van der Waals surface area (Å²) in [6, 6.07) is 14.1. The van der Waals surface area contributed by atoms with Crippen LogP contribution in [0.2, 0.25) is 0 Å². The molecule has 138 valence electrons. The van der Waals surface area contributed by atoms with Crippen LogP contribution in [0.1, 0.15) is 32.7 Å². The third-order valence-corrected chi connectivity index (χ3v) is 6.24. The Morgan fingerprint density at radius 2 is 1.82 bits per heavy atom. The Morgan fingerprint density at radius 3 is 2.54 bits per heavy atom. The van der Waals surface area contributed by atoms with Gasteiger partial charge < -0.3 is 4.42 Å². The molecule has 0 saturated heterocycles. The Hall–Kier alpha value is -2.59. The maximum absolute atomic E-state index is 13.3. The van der Waals surface area contributed by atoms with E-state index in [-0.39, 0.29) is 17.1 Å². The molecule has 2 aromatic heterocycles. The largest absolute Gasteiger partial charge is 0.450 e. The zero-order valence-electron chi connectivity index (χ0n) is 14.5. The number of fused-ring (bicyclic) bond motifs is 2. The van der Waals surface area contributed by atoms with Crippen molar-refractivity contribution in [2.45, 2.75) is 13.0 Å². The van der Waals surface area contributed by atoms with Crippen LogP contribution in [-0.4, -0.2) is 16.1 Å². The normalized spacial score (nSPS) is 16.0. The molecule has 0 saturated carbocycles. The first-order chi connectivity index (χ1) is 13.5. The highest BCUT2D eigenvalue weighted by atomic mass is 127. The number of benzene rings is 2. The molecular formula is C20H12IN3O3S. The molecule has 1 unspecified atom stereocenters. The molecule has 1 aliphatic heterocycles. The Balaban J connectivity index is 1.82. The summed E-state index contributed by atoms with van der Waals surface area (Å²) in [6.45, 7) is 1.83. The highest BCUT2D eigenvalue weighted by Crippen LogP contribution is 2.42. The molecule has 3 heterocycles. The van der Waals surface area contributed by atoms with Crippen molar-refractivity contribution >= 4 is 55.9 Å². The molecule has 1 amide bonds. The van der Waals surface area contributed by atoms with Crippen LogP contribution in [0, 0.1) is 10.5 Å². The van der Waals surface area contributed by atoms with Gasteiger partial charge in [-0.1, -0.05) is 35.6 Å². The number of rotatable bonds is 2. The van der Waals surface area contributed by atoms with E-state index in [9.17, 15) is 9.59 Å². The van der Waals surface area contributed by atoms with Crippen molar-refractivity contribution in [1.82, 2.24) is 10.2 Å². The van der Waals surface area contributed by atoms with Crippen LogP contribution >= 0.6 is 33.9 Å². The number of para-hydroxylation sites is 1. The molecule has 1 aliphatic rings. The summed E-state index contributed by atoms with van der Waals surface area (Å²) in [4.78, 5) is 28.1. The van der Waals surface area contributed by atoms with Gasteiger partial charge >= 0.3 is 0 Å².